The van der Waals surface area contributed by atoms with Gasteiger partial charge in [-0.15, -0.1) is 0 Å². The Hall–Kier alpha value is -0.820. The molecule has 1 atom stereocenters. The number of rotatable bonds is 1. The summed E-state index contributed by atoms with van der Waals surface area (Å²) in [7, 11) is 0. The smallest absolute Gasteiger partial charge is 0.0323 e. The molecule has 0 saturated carbocycles. The second-order valence-corrected chi connectivity index (χ2v) is 3.04. The van der Waals surface area contributed by atoms with Gasteiger partial charge in [-0.2, -0.15) is 0 Å². The molecule has 0 spiro atoms. The van der Waals surface area contributed by atoms with Crippen molar-refractivity contribution in [3.8, 4) is 0 Å². The molecule has 1 N–H and O–H groups in total. The zero-order chi connectivity index (χ0) is 7.68. The van der Waals surface area contributed by atoms with E-state index in [1.54, 1.807) is 0 Å². The molecule has 0 fully saturated rings. The van der Waals surface area contributed by atoms with Crippen LogP contribution in [0.1, 0.15) is 30.5 Å². The van der Waals surface area contributed by atoms with Crippen LogP contribution in [0.5, 0.6) is 0 Å². The number of hydrogen-bond acceptors (Lipinski definition) is 1. The molecule has 0 bridgehead atoms. The van der Waals surface area contributed by atoms with Crippen LogP contribution in [0.2, 0.25) is 0 Å². The number of benzene rings is 1. The lowest BCUT2D eigenvalue weighted by molar-refractivity contribution is 0.567. The largest absolute Gasteiger partial charge is 0.306 e. The lowest BCUT2D eigenvalue weighted by Crippen LogP contribution is -2.10. The van der Waals surface area contributed by atoms with Gasteiger partial charge in [0.2, 0.25) is 0 Å². The van der Waals surface area contributed by atoms with Crippen LogP contribution < -0.4 is 5.32 Å². The van der Waals surface area contributed by atoms with Gasteiger partial charge < -0.3 is 5.32 Å². The van der Waals surface area contributed by atoms with Crippen molar-refractivity contribution in [3.63, 3.8) is 0 Å². The highest BCUT2D eigenvalue weighted by Crippen LogP contribution is 2.26. The maximum atomic E-state index is 3.47. The summed E-state index contributed by atoms with van der Waals surface area (Å²) in [4.78, 5) is 0. The van der Waals surface area contributed by atoms with Crippen molar-refractivity contribution in [2.24, 2.45) is 0 Å². The lowest BCUT2D eigenvalue weighted by Gasteiger charge is -2.07. The van der Waals surface area contributed by atoms with Gasteiger partial charge in [-0.05, 0) is 17.5 Å². The van der Waals surface area contributed by atoms with E-state index in [-0.39, 0.29) is 0 Å². The normalized spacial score (nSPS) is 21.7. The van der Waals surface area contributed by atoms with E-state index in [2.05, 4.69) is 36.5 Å². The Labute approximate surface area is 67.4 Å². The standard InChI is InChI=1S/C10H13N/c1-2-10-9-6-4-3-5-8(9)7-11-10/h3-6,10-11H,2,7H2,1H3/t10-/m1/s1. The van der Waals surface area contributed by atoms with Crippen molar-refractivity contribution in [2.45, 2.75) is 25.9 Å². The van der Waals surface area contributed by atoms with Crippen LogP contribution >= 0.6 is 0 Å². The molecule has 0 unspecified atom stereocenters. The van der Waals surface area contributed by atoms with Crippen LogP contribution in [-0.4, -0.2) is 0 Å². The van der Waals surface area contributed by atoms with Gasteiger partial charge in [0.15, 0.2) is 0 Å². The quantitative estimate of drug-likeness (QED) is 0.642. The molecule has 1 aliphatic heterocycles. The second kappa shape index (κ2) is 2.67. The maximum Gasteiger partial charge on any atom is 0.0323 e. The van der Waals surface area contributed by atoms with Crippen molar-refractivity contribution in [2.75, 3.05) is 0 Å². The predicted octanol–water partition coefficient (Wildman–Crippen LogP) is 2.24. The first-order valence-electron chi connectivity index (χ1n) is 4.23. The fourth-order valence-electron chi connectivity index (χ4n) is 1.74. The molecule has 1 nitrogen and oxygen atoms in total. The third-order valence-electron chi connectivity index (χ3n) is 2.38. The minimum absolute atomic E-state index is 0.603. The van der Waals surface area contributed by atoms with E-state index < -0.39 is 0 Å². The van der Waals surface area contributed by atoms with E-state index >= 15 is 0 Å². The average Bonchev–Trinajstić information content (AvgIpc) is 2.47. The molecule has 0 amide bonds. The van der Waals surface area contributed by atoms with Crippen LogP contribution in [0.15, 0.2) is 24.3 Å². The van der Waals surface area contributed by atoms with E-state index in [1.165, 1.54) is 17.5 Å². The minimum atomic E-state index is 0.603. The van der Waals surface area contributed by atoms with Crippen molar-refractivity contribution < 1.29 is 0 Å². The first-order chi connectivity index (χ1) is 5.42. The highest BCUT2D eigenvalue weighted by Gasteiger charge is 2.18. The average molecular weight is 147 g/mol. The van der Waals surface area contributed by atoms with Gasteiger partial charge in [0.1, 0.15) is 0 Å². The Morgan fingerprint density at radius 3 is 3.09 bits per heavy atom. The fraction of sp³-hybridized carbons (Fsp3) is 0.400. The number of fused-ring (bicyclic) bond motifs is 1. The Morgan fingerprint density at radius 1 is 1.45 bits per heavy atom. The molecule has 0 radical (unpaired) electrons. The number of hydrogen-bond donors (Lipinski definition) is 1. The zero-order valence-corrected chi connectivity index (χ0v) is 6.80. The van der Waals surface area contributed by atoms with E-state index in [9.17, 15) is 0 Å². The molecule has 11 heavy (non-hydrogen) atoms. The van der Waals surface area contributed by atoms with E-state index in [1.807, 2.05) is 0 Å². The monoisotopic (exact) mass is 147 g/mol. The van der Waals surface area contributed by atoms with Gasteiger partial charge in [0.25, 0.3) is 0 Å². The predicted molar refractivity (Wildman–Crippen MR) is 46.3 cm³/mol. The molecule has 1 aromatic rings. The minimum Gasteiger partial charge on any atom is -0.306 e. The van der Waals surface area contributed by atoms with Crippen molar-refractivity contribution in [3.05, 3.63) is 35.4 Å². The molecule has 1 heterocycles. The Bertz CT molecular complexity index is 255. The third kappa shape index (κ3) is 1.05. The third-order valence-corrected chi connectivity index (χ3v) is 2.38. The summed E-state index contributed by atoms with van der Waals surface area (Å²) in [6.45, 7) is 3.27. The summed E-state index contributed by atoms with van der Waals surface area (Å²) >= 11 is 0. The first kappa shape index (κ1) is 6.86. The first-order valence-corrected chi connectivity index (χ1v) is 4.23. The molecule has 0 aliphatic carbocycles. The summed E-state index contributed by atoms with van der Waals surface area (Å²) in [5, 5.41) is 3.47. The Morgan fingerprint density at radius 2 is 2.27 bits per heavy atom. The van der Waals surface area contributed by atoms with Crippen molar-refractivity contribution in [1.29, 1.82) is 0 Å². The van der Waals surface area contributed by atoms with Crippen molar-refractivity contribution in [1.82, 2.24) is 5.32 Å². The lowest BCUT2D eigenvalue weighted by atomic mass is 10.0. The molecule has 1 aromatic carbocycles. The summed E-state index contributed by atoms with van der Waals surface area (Å²) < 4.78 is 0. The van der Waals surface area contributed by atoms with Crippen LogP contribution in [0.4, 0.5) is 0 Å². The fourth-order valence-corrected chi connectivity index (χ4v) is 1.74. The number of nitrogens with one attached hydrogen (secondary N) is 1. The van der Waals surface area contributed by atoms with Gasteiger partial charge in [-0.1, -0.05) is 31.2 Å². The summed E-state index contributed by atoms with van der Waals surface area (Å²) in [5.41, 5.74) is 2.97. The topological polar surface area (TPSA) is 12.0 Å². The molecule has 1 heteroatoms. The summed E-state index contributed by atoms with van der Waals surface area (Å²) in [5.74, 6) is 0. The van der Waals surface area contributed by atoms with Gasteiger partial charge in [-0.25, -0.2) is 0 Å². The molecule has 0 saturated heterocycles. The van der Waals surface area contributed by atoms with Gasteiger partial charge in [0.05, 0.1) is 0 Å². The highest BCUT2D eigenvalue weighted by atomic mass is 14.9. The Kier molecular flexibility index (Phi) is 1.66. The molecule has 1 aliphatic rings. The van der Waals surface area contributed by atoms with Gasteiger partial charge >= 0.3 is 0 Å². The highest BCUT2D eigenvalue weighted by molar-refractivity contribution is 5.33. The van der Waals surface area contributed by atoms with E-state index in [4.69, 9.17) is 0 Å². The van der Waals surface area contributed by atoms with Crippen LogP contribution in [-0.2, 0) is 6.54 Å². The summed E-state index contributed by atoms with van der Waals surface area (Å²) in [6.07, 6.45) is 1.19. The molecule has 2 rings (SSSR count). The SMILES string of the molecule is CC[C@H]1NCc2ccccc21. The van der Waals surface area contributed by atoms with E-state index in [0.29, 0.717) is 6.04 Å². The van der Waals surface area contributed by atoms with E-state index in [0.717, 1.165) is 6.54 Å². The zero-order valence-electron chi connectivity index (χ0n) is 6.80. The Balaban J connectivity index is 2.39. The van der Waals surface area contributed by atoms with Gasteiger partial charge in [-0.3, -0.25) is 0 Å². The van der Waals surface area contributed by atoms with Crippen LogP contribution in [0.3, 0.4) is 0 Å². The van der Waals surface area contributed by atoms with Crippen molar-refractivity contribution >= 4 is 0 Å². The molecular weight excluding hydrogens is 134 g/mol. The molecule has 0 aromatic heterocycles. The molecule has 58 valence electrons. The molecular formula is C10H13N. The maximum absolute atomic E-state index is 3.47. The van der Waals surface area contributed by atoms with Crippen LogP contribution in [0.25, 0.3) is 0 Å². The second-order valence-electron chi connectivity index (χ2n) is 3.04. The van der Waals surface area contributed by atoms with Crippen LogP contribution in [0, 0.1) is 0 Å². The summed E-state index contributed by atoms with van der Waals surface area (Å²) in [6, 6.07) is 9.26. The van der Waals surface area contributed by atoms with Gasteiger partial charge in [0, 0.05) is 12.6 Å².